The fourth-order valence-corrected chi connectivity index (χ4v) is 1.69. The largest absolute Gasteiger partial charge is 0.480 e. The minimum Gasteiger partial charge on any atom is -0.480 e. The van der Waals surface area contributed by atoms with E-state index in [9.17, 15) is 9.59 Å². The first-order valence-corrected chi connectivity index (χ1v) is 5.48. The van der Waals surface area contributed by atoms with Crippen LogP contribution in [0.3, 0.4) is 0 Å². The van der Waals surface area contributed by atoms with Gasteiger partial charge >= 0.3 is 5.97 Å². The van der Waals surface area contributed by atoms with Crippen molar-refractivity contribution in [2.45, 2.75) is 6.42 Å². The SMILES string of the molecule is CN(CC(=O)O)C(=O)Cc1cccc(Br)c1. The molecule has 0 aliphatic heterocycles. The second kappa shape index (κ2) is 5.65. The van der Waals surface area contributed by atoms with Gasteiger partial charge in [-0.05, 0) is 17.7 Å². The Morgan fingerprint density at radius 2 is 2.12 bits per heavy atom. The van der Waals surface area contributed by atoms with Gasteiger partial charge in [-0.2, -0.15) is 0 Å². The van der Waals surface area contributed by atoms with Crippen LogP contribution in [-0.2, 0) is 16.0 Å². The van der Waals surface area contributed by atoms with Crippen LogP contribution >= 0.6 is 15.9 Å². The first-order chi connectivity index (χ1) is 7.49. The van der Waals surface area contributed by atoms with Gasteiger partial charge in [0, 0.05) is 11.5 Å². The van der Waals surface area contributed by atoms with Crippen molar-refractivity contribution in [3.8, 4) is 0 Å². The summed E-state index contributed by atoms with van der Waals surface area (Å²) < 4.78 is 0.902. The zero-order valence-corrected chi connectivity index (χ0v) is 10.4. The summed E-state index contributed by atoms with van der Waals surface area (Å²) in [5, 5.41) is 8.54. The number of nitrogens with zero attached hydrogens (tertiary/aromatic N) is 1. The Labute approximate surface area is 102 Å². The lowest BCUT2D eigenvalue weighted by molar-refractivity contribution is -0.143. The molecule has 4 nitrogen and oxygen atoms in total. The van der Waals surface area contributed by atoms with Gasteiger partial charge in [0.05, 0.1) is 6.42 Å². The molecule has 1 N–H and O–H groups in total. The van der Waals surface area contributed by atoms with Gasteiger partial charge in [-0.25, -0.2) is 0 Å². The maximum Gasteiger partial charge on any atom is 0.323 e. The summed E-state index contributed by atoms with van der Waals surface area (Å²) >= 11 is 3.31. The maximum atomic E-state index is 11.6. The van der Waals surface area contributed by atoms with Crippen LogP contribution in [0, 0.1) is 0 Å². The smallest absolute Gasteiger partial charge is 0.323 e. The molecule has 0 saturated heterocycles. The highest BCUT2D eigenvalue weighted by molar-refractivity contribution is 9.10. The molecule has 5 heteroatoms. The lowest BCUT2D eigenvalue weighted by atomic mass is 10.1. The van der Waals surface area contributed by atoms with Gasteiger partial charge in [0.25, 0.3) is 0 Å². The molecule has 0 aliphatic carbocycles. The molecule has 16 heavy (non-hydrogen) atoms. The van der Waals surface area contributed by atoms with Crippen LogP contribution < -0.4 is 0 Å². The molecule has 86 valence electrons. The standard InChI is InChI=1S/C11H12BrNO3/c1-13(7-11(15)16)10(14)6-8-3-2-4-9(12)5-8/h2-5H,6-7H2,1H3,(H,15,16). The summed E-state index contributed by atoms with van der Waals surface area (Å²) in [5.74, 6) is -1.22. The minimum absolute atomic E-state index is 0.208. The average molecular weight is 286 g/mol. The van der Waals surface area contributed by atoms with Crippen molar-refractivity contribution in [1.29, 1.82) is 0 Å². The Hall–Kier alpha value is -1.36. The molecule has 0 saturated carbocycles. The third-order valence-electron chi connectivity index (χ3n) is 2.04. The predicted molar refractivity (Wildman–Crippen MR) is 63.1 cm³/mol. The fourth-order valence-electron chi connectivity index (χ4n) is 1.25. The molecular weight excluding hydrogens is 274 g/mol. The van der Waals surface area contributed by atoms with Crippen LogP contribution in [0.2, 0.25) is 0 Å². The molecule has 0 atom stereocenters. The van der Waals surface area contributed by atoms with Gasteiger partial charge in [0.2, 0.25) is 5.91 Å². The number of halogens is 1. The number of carbonyl (C=O) groups is 2. The number of carboxylic acids is 1. The van der Waals surface area contributed by atoms with E-state index in [1.54, 1.807) is 0 Å². The lowest BCUT2D eigenvalue weighted by Gasteiger charge is -2.14. The van der Waals surface area contributed by atoms with Crippen molar-refractivity contribution >= 4 is 27.8 Å². The molecule has 1 rings (SSSR count). The number of benzene rings is 1. The van der Waals surface area contributed by atoms with Crippen LogP contribution in [-0.4, -0.2) is 35.5 Å². The van der Waals surface area contributed by atoms with Crippen molar-refractivity contribution in [3.63, 3.8) is 0 Å². The van der Waals surface area contributed by atoms with Crippen molar-refractivity contribution < 1.29 is 14.7 Å². The molecule has 0 bridgehead atoms. The highest BCUT2D eigenvalue weighted by atomic mass is 79.9. The van der Waals surface area contributed by atoms with Crippen LogP contribution in [0.15, 0.2) is 28.7 Å². The van der Waals surface area contributed by atoms with Gasteiger partial charge in [-0.1, -0.05) is 28.1 Å². The van der Waals surface area contributed by atoms with E-state index in [2.05, 4.69) is 15.9 Å². The Bertz CT molecular complexity index is 406. The van der Waals surface area contributed by atoms with E-state index in [0.717, 1.165) is 10.0 Å². The van der Waals surface area contributed by atoms with E-state index in [-0.39, 0.29) is 18.9 Å². The Morgan fingerprint density at radius 3 is 2.69 bits per heavy atom. The zero-order chi connectivity index (χ0) is 12.1. The van der Waals surface area contributed by atoms with Crippen molar-refractivity contribution in [2.24, 2.45) is 0 Å². The summed E-state index contributed by atoms with van der Waals surface area (Å²) in [7, 11) is 1.48. The number of hydrogen-bond donors (Lipinski definition) is 1. The summed E-state index contributed by atoms with van der Waals surface area (Å²) in [6.07, 6.45) is 0.212. The Morgan fingerprint density at radius 1 is 1.44 bits per heavy atom. The second-order valence-electron chi connectivity index (χ2n) is 3.45. The number of amides is 1. The molecule has 0 spiro atoms. The Balaban J connectivity index is 2.60. The van der Waals surface area contributed by atoms with Crippen LogP contribution in [0.4, 0.5) is 0 Å². The van der Waals surface area contributed by atoms with E-state index in [0.29, 0.717) is 0 Å². The van der Waals surface area contributed by atoms with Crippen LogP contribution in [0.1, 0.15) is 5.56 Å². The molecule has 1 aromatic carbocycles. The summed E-state index contributed by atoms with van der Waals surface area (Å²) in [5.41, 5.74) is 0.858. The van der Waals surface area contributed by atoms with Crippen LogP contribution in [0.25, 0.3) is 0 Å². The number of likely N-dealkylation sites (N-methyl/N-ethyl adjacent to an activating group) is 1. The van der Waals surface area contributed by atoms with Gasteiger partial charge in [0.1, 0.15) is 6.54 Å². The lowest BCUT2D eigenvalue weighted by Crippen LogP contribution is -2.33. The average Bonchev–Trinajstić information content (AvgIpc) is 2.16. The first kappa shape index (κ1) is 12.7. The fraction of sp³-hybridized carbons (Fsp3) is 0.273. The summed E-state index contributed by atoms with van der Waals surface area (Å²) in [4.78, 5) is 23.2. The van der Waals surface area contributed by atoms with E-state index in [1.807, 2.05) is 24.3 Å². The van der Waals surface area contributed by atoms with Gasteiger partial charge < -0.3 is 10.0 Å². The third-order valence-corrected chi connectivity index (χ3v) is 2.54. The minimum atomic E-state index is -1.01. The highest BCUT2D eigenvalue weighted by Gasteiger charge is 2.12. The van der Waals surface area contributed by atoms with Crippen molar-refractivity contribution in [3.05, 3.63) is 34.3 Å². The van der Waals surface area contributed by atoms with E-state index >= 15 is 0 Å². The van der Waals surface area contributed by atoms with Gasteiger partial charge in [-0.15, -0.1) is 0 Å². The first-order valence-electron chi connectivity index (χ1n) is 4.69. The zero-order valence-electron chi connectivity index (χ0n) is 8.81. The molecule has 1 amide bonds. The molecule has 0 unspecified atom stereocenters. The number of carboxylic acid groups (broad SMARTS) is 1. The summed E-state index contributed by atoms with van der Waals surface area (Å²) in [6.45, 7) is -0.271. The number of carbonyl (C=O) groups excluding carboxylic acids is 1. The molecule has 0 aromatic heterocycles. The topological polar surface area (TPSA) is 57.6 Å². The molecule has 0 fully saturated rings. The number of aliphatic carboxylic acids is 1. The molecule has 1 aromatic rings. The van der Waals surface area contributed by atoms with E-state index < -0.39 is 5.97 Å². The van der Waals surface area contributed by atoms with Gasteiger partial charge in [0.15, 0.2) is 0 Å². The van der Waals surface area contributed by atoms with Crippen molar-refractivity contribution in [2.75, 3.05) is 13.6 Å². The monoisotopic (exact) mass is 285 g/mol. The molecule has 0 heterocycles. The van der Waals surface area contributed by atoms with Crippen LogP contribution in [0.5, 0.6) is 0 Å². The van der Waals surface area contributed by atoms with Gasteiger partial charge in [-0.3, -0.25) is 9.59 Å². The molecule has 0 aliphatic rings. The molecular formula is C11H12BrNO3. The van der Waals surface area contributed by atoms with E-state index in [1.165, 1.54) is 11.9 Å². The summed E-state index contributed by atoms with van der Waals surface area (Å²) in [6, 6.07) is 7.38. The third kappa shape index (κ3) is 4.02. The number of rotatable bonds is 4. The molecule has 0 radical (unpaired) electrons. The quantitative estimate of drug-likeness (QED) is 0.913. The predicted octanol–water partition coefficient (Wildman–Crippen LogP) is 1.53. The second-order valence-corrected chi connectivity index (χ2v) is 4.37. The van der Waals surface area contributed by atoms with Crippen molar-refractivity contribution in [1.82, 2.24) is 4.90 Å². The highest BCUT2D eigenvalue weighted by Crippen LogP contribution is 2.12. The van der Waals surface area contributed by atoms with E-state index in [4.69, 9.17) is 5.11 Å². The normalized spacial score (nSPS) is 9.88. The number of hydrogen-bond acceptors (Lipinski definition) is 2. The Kier molecular flexibility index (Phi) is 4.49. The maximum absolute atomic E-state index is 11.6.